The minimum Gasteiger partial charge on any atom is -0.390 e. The largest absolute Gasteiger partial charge is 0.390 e. The molecule has 0 aliphatic carbocycles. The Bertz CT molecular complexity index is 1190. The number of carbonyl (C=O) groups is 1. The lowest BCUT2D eigenvalue weighted by Gasteiger charge is -2.13. The van der Waals surface area contributed by atoms with Crippen molar-refractivity contribution in [2.75, 3.05) is 13.1 Å². The van der Waals surface area contributed by atoms with E-state index < -0.39 is 6.10 Å². The van der Waals surface area contributed by atoms with Crippen LogP contribution in [-0.4, -0.2) is 39.6 Å². The van der Waals surface area contributed by atoms with Crippen molar-refractivity contribution < 1.29 is 9.90 Å². The molecular weight excluding hydrogens is 400 g/mol. The zero-order valence-corrected chi connectivity index (χ0v) is 18.2. The lowest BCUT2D eigenvalue weighted by Crippen LogP contribution is -2.38. The highest BCUT2D eigenvalue weighted by molar-refractivity contribution is 5.94. The van der Waals surface area contributed by atoms with E-state index >= 15 is 0 Å². The van der Waals surface area contributed by atoms with Crippen molar-refractivity contribution in [3.8, 4) is 11.3 Å². The molecule has 164 valence electrons. The van der Waals surface area contributed by atoms with Gasteiger partial charge in [0.2, 0.25) is 0 Å². The normalized spacial score (nSPS) is 12.1. The SMILES string of the molecule is CCc1cccc(CNCC(O)CNC(=O)c2ccc3nc(-c4ccccc4)cn3c2)c1. The molecule has 0 bridgehead atoms. The van der Waals surface area contributed by atoms with Gasteiger partial charge in [-0.1, -0.05) is 61.5 Å². The van der Waals surface area contributed by atoms with Crippen LogP contribution in [-0.2, 0) is 13.0 Å². The maximum atomic E-state index is 12.6. The third-order valence-electron chi connectivity index (χ3n) is 5.39. The van der Waals surface area contributed by atoms with Crippen molar-refractivity contribution in [1.82, 2.24) is 20.0 Å². The van der Waals surface area contributed by atoms with Crippen molar-refractivity contribution >= 4 is 11.6 Å². The molecule has 0 aliphatic heterocycles. The molecule has 1 unspecified atom stereocenters. The number of aryl methyl sites for hydroxylation is 1. The monoisotopic (exact) mass is 428 g/mol. The molecule has 6 heteroatoms. The average Bonchev–Trinajstić information content (AvgIpc) is 3.27. The first-order valence-electron chi connectivity index (χ1n) is 10.9. The van der Waals surface area contributed by atoms with E-state index in [0.717, 1.165) is 23.3 Å². The molecule has 0 spiro atoms. The lowest BCUT2D eigenvalue weighted by molar-refractivity contribution is 0.0915. The number of nitrogens with zero attached hydrogens (tertiary/aromatic N) is 2. The Morgan fingerprint density at radius 1 is 1.00 bits per heavy atom. The van der Waals surface area contributed by atoms with Crippen molar-refractivity contribution in [3.05, 3.63) is 95.8 Å². The highest BCUT2D eigenvalue weighted by Gasteiger charge is 2.11. The summed E-state index contributed by atoms with van der Waals surface area (Å²) < 4.78 is 1.85. The fourth-order valence-corrected chi connectivity index (χ4v) is 3.60. The summed E-state index contributed by atoms with van der Waals surface area (Å²) in [5, 5.41) is 16.3. The predicted octanol–water partition coefficient (Wildman–Crippen LogP) is 3.44. The van der Waals surface area contributed by atoms with E-state index in [0.29, 0.717) is 18.7 Å². The molecule has 1 atom stereocenters. The van der Waals surface area contributed by atoms with Crippen LogP contribution in [0, 0.1) is 0 Å². The van der Waals surface area contributed by atoms with Crippen LogP contribution in [0.15, 0.2) is 79.1 Å². The van der Waals surface area contributed by atoms with Gasteiger partial charge < -0.3 is 20.1 Å². The van der Waals surface area contributed by atoms with Gasteiger partial charge in [0.15, 0.2) is 0 Å². The third kappa shape index (κ3) is 5.41. The van der Waals surface area contributed by atoms with E-state index in [1.54, 1.807) is 12.3 Å². The van der Waals surface area contributed by atoms with Crippen LogP contribution in [0.25, 0.3) is 16.9 Å². The second-order valence-corrected chi connectivity index (χ2v) is 7.84. The van der Waals surface area contributed by atoms with Crippen molar-refractivity contribution in [2.24, 2.45) is 0 Å². The Kier molecular flexibility index (Phi) is 6.94. The van der Waals surface area contributed by atoms with Gasteiger partial charge in [-0.25, -0.2) is 4.98 Å². The molecule has 3 N–H and O–H groups in total. The van der Waals surface area contributed by atoms with Crippen LogP contribution in [0.3, 0.4) is 0 Å². The van der Waals surface area contributed by atoms with Gasteiger partial charge >= 0.3 is 0 Å². The number of amides is 1. The number of hydrogen-bond donors (Lipinski definition) is 3. The summed E-state index contributed by atoms with van der Waals surface area (Å²) in [5.41, 5.74) is 5.66. The molecule has 0 fully saturated rings. The van der Waals surface area contributed by atoms with Crippen molar-refractivity contribution in [2.45, 2.75) is 26.0 Å². The maximum absolute atomic E-state index is 12.6. The Morgan fingerprint density at radius 2 is 1.81 bits per heavy atom. The fraction of sp³-hybridized carbons (Fsp3) is 0.231. The predicted molar refractivity (Wildman–Crippen MR) is 126 cm³/mol. The maximum Gasteiger partial charge on any atom is 0.252 e. The van der Waals surface area contributed by atoms with E-state index in [1.165, 1.54) is 11.1 Å². The number of aliphatic hydroxyl groups is 1. The topological polar surface area (TPSA) is 78.7 Å². The Hall–Kier alpha value is -3.48. The minimum absolute atomic E-state index is 0.179. The average molecular weight is 429 g/mol. The first-order chi connectivity index (χ1) is 15.6. The fourth-order valence-electron chi connectivity index (χ4n) is 3.60. The third-order valence-corrected chi connectivity index (χ3v) is 5.39. The second kappa shape index (κ2) is 10.2. The lowest BCUT2D eigenvalue weighted by atomic mass is 10.1. The van der Waals surface area contributed by atoms with Crippen LogP contribution in [0.1, 0.15) is 28.4 Å². The number of fused-ring (bicyclic) bond motifs is 1. The molecule has 0 saturated carbocycles. The summed E-state index contributed by atoms with van der Waals surface area (Å²) in [5.74, 6) is -0.225. The highest BCUT2D eigenvalue weighted by Crippen LogP contribution is 2.19. The van der Waals surface area contributed by atoms with Gasteiger partial charge in [-0.15, -0.1) is 0 Å². The molecule has 1 amide bonds. The molecule has 0 saturated heterocycles. The summed E-state index contributed by atoms with van der Waals surface area (Å²) in [6.07, 6.45) is 4.00. The number of rotatable bonds is 9. The number of benzene rings is 2. The van der Waals surface area contributed by atoms with E-state index in [4.69, 9.17) is 0 Å². The number of aliphatic hydroxyl groups excluding tert-OH is 1. The highest BCUT2D eigenvalue weighted by atomic mass is 16.3. The van der Waals surface area contributed by atoms with Gasteiger partial charge in [0.05, 0.1) is 17.4 Å². The standard InChI is InChI=1S/C26H28N4O2/c1-2-19-7-6-8-20(13-19)14-27-15-23(31)16-28-26(32)22-11-12-25-29-24(18-30(25)17-22)21-9-4-3-5-10-21/h3-13,17-18,23,27,31H,2,14-16H2,1H3,(H,28,32). The Balaban J connectivity index is 1.29. The van der Waals surface area contributed by atoms with E-state index in [-0.39, 0.29) is 12.5 Å². The number of hydrogen-bond acceptors (Lipinski definition) is 4. The Morgan fingerprint density at radius 3 is 2.62 bits per heavy atom. The van der Waals surface area contributed by atoms with Crippen molar-refractivity contribution in [3.63, 3.8) is 0 Å². The molecule has 6 nitrogen and oxygen atoms in total. The first-order valence-corrected chi connectivity index (χ1v) is 10.9. The van der Waals surface area contributed by atoms with Gasteiger partial charge in [-0.3, -0.25) is 4.79 Å². The van der Waals surface area contributed by atoms with E-state index in [1.807, 2.05) is 53.1 Å². The van der Waals surface area contributed by atoms with Crippen LogP contribution < -0.4 is 10.6 Å². The molecule has 2 heterocycles. The van der Waals surface area contributed by atoms with Gasteiger partial charge in [-0.2, -0.15) is 0 Å². The minimum atomic E-state index is -0.671. The quantitative estimate of drug-likeness (QED) is 0.382. The number of aromatic nitrogens is 2. The molecule has 0 radical (unpaired) electrons. The second-order valence-electron chi connectivity index (χ2n) is 7.84. The molecule has 4 rings (SSSR count). The van der Waals surface area contributed by atoms with Gasteiger partial charge in [0, 0.05) is 37.6 Å². The van der Waals surface area contributed by atoms with Gasteiger partial charge in [0.25, 0.3) is 5.91 Å². The number of nitrogens with one attached hydrogen (secondary N) is 2. The van der Waals surface area contributed by atoms with E-state index in [9.17, 15) is 9.90 Å². The van der Waals surface area contributed by atoms with E-state index in [2.05, 4.69) is 40.7 Å². The molecule has 2 aromatic carbocycles. The van der Waals surface area contributed by atoms with Crippen LogP contribution in [0.4, 0.5) is 0 Å². The Labute approximate surface area is 187 Å². The summed E-state index contributed by atoms with van der Waals surface area (Å²) in [4.78, 5) is 17.2. The molecule has 0 aliphatic rings. The van der Waals surface area contributed by atoms with Crippen molar-refractivity contribution in [1.29, 1.82) is 0 Å². The number of imidazole rings is 1. The van der Waals surface area contributed by atoms with Crippen LogP contribution in [0.5, 0.6) is 0 Å². The smallest absolute Gasteiger partial charge is 0.252 e. The van der Waals surface area contributed by atoms with Gasteiger partial charge in [0.1, 0.15) is 5.65 Å². The molecule has 2 aromatic heterocycles. The first kappa shape index (κ1) is 21.7. The molecule has 4 aromatic rings. The summed E-state index contributed by atoms with van der Waals surface area (Å²) in [6.45, 7) is 3.39. The van der Waals surface area contributed by atoms with Crippen LogP contribution in [0.2, 0.25) is 0 Å². The summed E-state index contributed by atoms with van der Waals surface area (Å²) in [6, 6.07) is 21.9. The van der Waals surface area contributed by atoms with Crippen LogP contribution >= 0.6 is 0 Å². The zero-order valence-electron chi connectivity index (χ0n) is 18.2. The molecule has 32 heavy (non-hydrogen) atoms. The summed E-state index contributed by atoms with van der Waals surface area (Å²) in [7, 11) is 0. The van der Waals surface area contributed by atoms with Gasteiger partial charge in [-0.05, 0) is 29.7 Å². The summed E-state index contributed by atoms with van der Waals surface area (Å²) >= 11 is 0. The zero-order chi connectivity index (χ0) is 22.3. The number of carbonyl (C=O) groups excluding carboxylic acids is 1. The number of pyridine rings is 1. The molecular formula is C26H28N4O2.